The molecule has 0 radical (unpaired) electrons. The summed E-state index contributed by atoms with van der Waals surface area (Å²) in [5.41, 5.74) is 1.01. The Morgan fingerprint density at radius 2 is 1.50 bits per heavy atom. The summed E-state index contributed by atoms with van der Waals surface area (Å²) in [6, 6.07) is 13.5. The van der Waals surface area contributed by atoms with Crippen molar-refractivity contribution in [3.8, 4) is 22.6 Å². The van der Waals surface area contributed by atoms with Gasteiger partial charge in [-0.05, 0) is 58.7 Å². The fraction of sp³-hybridized carbons (Fsp3) is 0.238. The van der Waals surface area contributed by atoms with Crippen LogP contribution < -0.4 is 9.47 Å². The van der Waals surface area contributed by atoms with Crippen LogP contribution in [0, 0.1) is 11.6 Å². The topological polar surface area (TPSA) is 18.5 Å². The highest BCUT2D eigenvalue weighted by Crippen LogP contribution is 2.31. The SMILES string of the molecule is CCCCOc1ccc2cc(-c3cc(F)c(OCF)c(F)c3)ccc2c1. The van der Waals surface area contributed by atoms with Crippen molar-refractivity contribution in [2.75, 3.05) is 13.5 Å². The molecule has 0 aromatic heterocycles. The van der Waals surface area contributed by atoms with Crippen molar-refractivity contribution in [2.24, 2.45) is 0 Å². The average molecular weight is 360 g/mol. The van der Waals surface area contributed by atoms with Crippen LogP contribution in [0.5, 0.6) is 11.5 Å². The smallest absolute Gasteiger partial charge is 0.228 e. The van der Waals surface area contributed by atoms with E-state index >= 15 is 0 Å². The third kappa shape index (κ3) is 3.93. The molecule has 0 saturated heterocycles. The molecule has 3 aromatic rings. The predicted octanol–water partition coefficient (Wildman–Crippen LogP) is 6.27. The van der Waals surface area contributed by atoms with Gasteiger partial charge < -0.3 is 9.47 Å². The van der Waals surface area contributed by atoms with E-state index in [1.165, 1.54) is 0 Å². The first-order chi connectivity index (χ1) is 12.6. The van der Waals surface area contributed by atoms with Gasteiger partial charge in [0.1, 0.15) is 5.75 Å². The van der Waals surface area contributed by atoms with Crippen molar-refractivity contribution in [3.05, 3.63) is 60.2 Å². The first-order valence-electron chi connectivity index (χ1n) is 8.47. The standard InChI is InChI=1S/C21H19F3O2/c1-2-3-8-25-18-7-6-14-9-15(4-5-16(14)10-18)17-11-19(23)21(26-13-22)20(24)12-17/h4-7,9-12H,2-3,8,13H2,1H3. The normalized spacial score (nSPS) is 10.9. The van der Waals surface area contributed by atoms with E-state index in [4.69, 9.17) is 4.74 Å². The minimum absolute atomic E-state index is 0.358. The summed E-state index contributed by atoms with van der Waals surface area (Å²) in [6.45, 7) is 1.49. The van der Waals surface area contributed by atoms with Crippen molar-refractivity contribution in [1.29, 1.82) is 0 Å². The lowest BCUT2D eigenvalue weighted by molar-refractivity contribution is 0.176. The molecule has 2 nitrogen and oxygen atoms in total. The number of halogens is 3. The first kappa shape index (κ1) is 18.1. The van der Waals surface area contributed by atoms with Gasteiger partial charge in [0.2, 0.25) is 6.86 Å². The van der Waals surface area contributed by atoms with Crippen LogP contribution in [0.2, 0.25) is 0 Å². The zero-order chi connectivity index (χ0) is 18.5. The lowest BCUT2D eigenvalue weighted by Crippen LogP contribution is -1.98. The third-order valence-corrected chi connectivity index (χ3v) is 4.11. The Hall–Kier alpha value is -2.69. The van der Waals surface area contributed by atoms with Crippen LogP contribution >= 0.6 is 0 Å². The number of rotatable bonds is 7. The molecule has 0 bridgehead atoms. The molecule has 0 aliphatic carbocycles. The molecule has 0 aliphatic heterocycles. The number of ether oxygens (including phenoxy) is 2. The maximum absolute atomic E-state index is 13.9. The molecule has 0 saturated carbocycles. The van der Waals surface area contributed by atoms with Gasteiger partial charge in [-0.15, -0.1) is 0 Å². The Morgan fingerprint density at radius 1 is 0.808 bits per heavy atom. The Bertz CT molecular complexity index is 886. The summed E-state index contributed by atoms with van der Waals surface area (Å²) in [5.74, 6) is -1.77. The summed E-state index contributed by atoms with van der Waals surface area (Å²) in [5, 5.41) is 1.90. The Kier molecular flexibility index (Phi) is 5.66. The molecule has 0 heterocycles. The van der Waals surface area contributed by atoms with Gasteiger partial charge in [-0.2, -0.15) is 0 Å². The minimum atomic E-state index is -1.29. The van der Waals surface area contributed by atoms with Crippen molar-refractivity contribution in [3.63, 3.8) is 0 Å². The summed E-state index contributed by atoms with van der Waals surface area (Å²) in [4.78, 5) is 0. The summed E-state index contributed by atoms with van der Waals surface area (Å²) in [7, 11) is 0. The number of hydrogen-bond acceptors (Lipinski definition) is 2. The van der Waals surface area contributed by atoms with Gasteiger partial charge in [-0.3, -0.25) is 0 Å². The Labute approximate surface area is 150 Å². The lowest BCUT2D eigenvalue weighted by atomic mass is 10.0. The zero-order valence-electron chi connectivity index (χ0n) is 14.4. The Balaban J connectivity index is 1.90. The van der Waals surface area contributed by atoms with E-state index in [1.54, 1.807) is 6.07 Å². The minimum Gasteiger partial charge on any atom is -0.494 e. The van der Waals surface area contributed by atoms with Crippen LogP contribution in [0.15, 0.2) is 48.5 Å². The van der Waals surface area contributed by atoms with Gasteiger partial charge in [0, 0.05) is 0 Å². The summed E-state index contributed by atoms with van der Waals surface area (Å²) >= 11 is 0. The van der Waals surface area contributed by atoms with Crippen LogP contribution in [0.25, 0.3) is 21.9 Å². The molecule has 0 spiro atoms. The molecule has 0 amide bonds. The van der Waals surface area contributed by atoms with Gasteiger partial charge in [-0.1, -0.05) is 31.5 Å². The first-order valence-corrected chi connectivity index (χ1v) is 8.47. The number of alkyl halides is 1. The van der Waals surface area contributed by atoms with E-state index < -0.39 is 24.2 Å². The fourth-order valence-electron chi connectivity index (χ4n) is 2.75. The van der Waals surface area contributed by atoms with Gasteiger partial charge in [0.05, 0.1) is 6.61 Å². The van der Waals surface area contributed by atoms with E-state index in [0.717, 1.165) is 41.5 Å². The second-order valence-corrected chi connectivity index (χ2v) is 5.95. The maximum Gasteiger partial charge on any atom is 0.228 e. The number of unbranched alkanes of at least 4 members (excludes halogenated alkanes) is 1. The van der Waals surface area contributed by atoms with E-state index in [9.17, 15) is 13.2 Å². The molecular weight excluding hydrogens is 341 g/mol. The van der Waals surface area contributed by atoms with Crippen LogP contribution in [-0.4, -0.2) is 13.5 Å². The second-order valence-electron chi connectivity index (χ2n) is 5.95. The molecule has 3 aromatic carbocycles. The zero-order valence-corrected chi connectivity index (χ0v) is 14.4. The van der Waals surface area contributed by atoms with E-state index in [-0.39, 0.29) is 0 Å². The van der Waals surface area contributed by atoms with Gasteiger partial charge in [-0.25, -0.2) is 13.2 Å². The highest BCUT2D eigenvalue weighted by Gasteiger charge is 2.14. The quantitative estimate of drug-likeness (QED) is 0.462. The summed E-state index contributed by atoms with van der Waals surface area (Å²) < 4.78 is 50.1. The predicted molar refractivity (Wildman–Crippen MR) is 96.3 cm³/mol. The van der Waals surface area contributed by atoms with E-state index in [2.05, 4.69) is 11.7 Å². The van der Waals surface area contributed by atoms with Crippen molar-refractivity contribution >= 4 is 10.8 Å². The monoisotopic (exact) mass is 360 g/mol. The fourth-order valence-corrected chi connectivity index (χ4v) is 2.75. The van der Waals surface area contributed by atoms with Gasteiger partial charge >= 0.3 is 0 Å². The largest absolute Gasteiger partial charge is 0.494 e. The van der Waals surface area contributed by atoms with Crippen LogP contribution in [0.1, 0.15) is 19.8 Å². The molecule has 136 valence electrons. The van der Waals surface area contributed by atoms with Crippen LogP contribution in [0.4, 0.5) is 13.2 Å². The van der Waals surface area contributed by atoms with Gasteiger partial charge in [0.15, 0.2) is 17.4 Å². The molecule has 0 unspecified atom stereocenters. The average Bonchev–Trinajstić information content (AvgIpc) is 2.64. The van der Waals surface area contributed by atoms with Gasteiger partial charge in [0.25, 0.3) is 0 Å². The molecule has 26 heavy (non-hydrogen) atoms. The van der Waals surface area contributed by atoms with Crippen molar-refractivity contribution in [1.82, 2.24) is 0 Å². The highest BCUT2D eigenvalue weighted by atomic mass is 19.1. The Morgan fingerprint density at radius 3 is 2.19 bits per heavy atom. The molecule has 0 atom stereocenters. The van der Waals surface area contributed by atoms with Crippen molar-refractivity contribution in [2.45, 2.75) is 19.8 Å². The van der Waals surface area contributed by atoms with Crippen molar-refractivity contribution < 1.29 is 22.6 Å². The molecule has 0 fully saturated rings. The third-order valence-electron chi connectivity index (χ3n) is 4.11. The molecule has 0 aliphatic rings. The molecule has 3 rings (SSSR count). The number of hydrogen-bond donors (Lipinski definition) is 0. The van der Waals surface area contributed by atoms with Crippen LogP contribution in [-0.2, 0) is 0 Å². The second kappa shape index (κ2) is 8.13. The molecule has 0 N–H and O–H groups in total. The highest BCUT2D eigenvalue weighted by molar-refractivity contribution is 5.88. The lowest BCUT2D eigenvalue weighted by Gasteiger charge is -2.10. The summed E-state index contributed by atoms with van der Waals surface area (Å²) in [6.07, 6.45) is 2.06. The van der Waals surface area contributed by atoms with E-state index in [1.807, 2.05) is 30.3 Å². The number of benzene rings is 3. The number of fused-ring (bicyclic) bond motifs is 1. The van der Waals surface area contributed by atoms with E-state index in [0.29, 0.717) is 17.7 Å². The molecular formula is C21H19F3O2. The maximum atomic E-state index is 13.9. The molecule has 5 heteroatoms. The van der Waals surface area contributed by atoms with Crippen LogP contribution in [0.3, 0.4) is 0 Å².